The van der Waals surface area contributed by atoms with Crippen LogP contribution in [0.4, 0.5) is 23.0 Å². The first-order chi connectivity index (χ1) is 19.7. The lowest BCUT2D eigenvalue weighted by atomic mass is 10.2. The largest absolute Gasteiger partial charge is 0.495 e. The van der Waals surface area contributed by atoms with E-state index in [1.165, 1.54) is 33.5 Å². The van der Waals surface area contributed by atoms with Gasteiger partial charge in [-0.2, -0.15) is 5.10 Å². The number of hydrogen-bond acceptors (Lipinski definition) is 10. The van der Waals surface area contributed by atoms with Gasteiger partial charge in [0.2, 0.25) is 5.91 Å². The summed E-state index contributed by atoms with van der Waals surface area (Å²) in [7, 11) is -0.0911. The van der Waals surface area contributed by atoms with Gasteiger partial charge in [0, 0.05) is 48.3 Å². The molecule has 0 spiro atoms. The number of hydrogen-bond donors (Lipinski definition) is 3. The SMILES string of the molecule is COc1cc2c(NS(=O)(=O)c3c(OC)cc(N4C(=O)CC[C@@H]4C)cc3OC)noc2cc1Nc1cc(C2CC2)[nH]n1. The molecule has 4 aromatic rings. The van der Waals surface area contributed by atoms with Crippen LogP contribution in [-0.2, 0) is 14.8 Å². The third kappa shape index (κ3) is 4.88. The van der Waals surface area contributed by atoms with Crippen molar-refractivity contribution in [2.75, 3.05) is 36.3 Å². The molecule has 1 saturated carbocycles. The lowest BCUT2D eigenvalue weighted by Crippen LogP contribution is -2.30. The Morgan fingerprint density at radius 3 is 2.32 bits per heavy atom. The average molecular weight is 583 g/mol. The third-order valence-corrected chi connectivity index (χ3v) is 8.78. The van der Waals surface area contributed by atoms with Crippen LogP contribution < -0.4 is 29.1 Å². The summed E-state index contributed by atoms with van der Waals surface area (Å²) in [4.78, 5) is 13.9. The van der Waals surface area contributed by atoms with Crippen LogP contribution in [-0.4, -0.2) is 57.1 Å². The second kappa shape index (κ2) is 10.2. The first-order valence-electron chi connectivity index (χ1n) is 13.1. The van der Waals surface area contributed by atoms with E-state index in [-0.39, 0.29) is 34.2 Å². The first-order valence-corrected chi connectivity index (χ1v) is 14.6. The van der Waals surface area contributed by atoms with Crippen molar-refractivity contribution >= 4 is 49.9 Å². The van der Waals surface area contributed by atoms with Gasteiger partial charge in [0.1, 0.15) is 17.2 Å². The molecule has 0 radical (unpaired) electrons. The highest BCUT2D eigenvalue weighted by molar-refractivity contribution is 7.93. The minimum absolute atomic E-state index is 0.0141. The van der Waals surface area contributed by atoms with Gasteiger partial charge in [-0.1, -0.05) is 5.16 Å². The van der Waals surface area contributed by atoms with Gasteiger partial charge in [-0.25, -0.2) is 8.42 Å². The maximum absolute atomic E-state index is 13.7. The summed E-state index contributed by atoms with van der Waals surface area (Å²) in [5.74, 6) is 1.51. The number of aromatic nitrogens is 3. The second-order valence-corrected chi connectivity index (χ2v) is 11.7. The molecule has 0 bridgehead atoms. The molecule has 3 N–H and O–H groups in total. The van der Waals surface area contributed by atoms with E-state index in [9.17, 15) is 13.2 Å². The number of carbonyl (C=O) groups excluding carboxylic acids is 1. The quantitative estimate of drug-likeness (QED) is 0.243. The van der Waals surface area contributed by atoms with Crippen LogP contribution in [0.3, 0.4) is 0 Å². The summed E-state index contributed by atoms with van der Waals surface area (Å²) in [5, 5.41) is 14.9. The van der Waals surface area contributed by atoms with Crippen LogP contribution in [0.2, 0.25) is 0 Å². The first kappa shape index (κ1) is 26.7. The molecule has 14 heteroatoms. The molecule has 0 unspecified atom stereocenters. The minimum Gasteiger partial charge on any atom is -0.495 e. The lowest BCUT2D eigenvalue weighted by molar-refractivity contribution is -0.117. The zero-order chi connectivity index (χ0) is 28.9. The van der Waals surface area contributed by atoms with Crippen molar-refractivity contribution in [1.29, 1.82) is 0 Å². The molecule has 1 atom stereocenters. The molecule has 2 aromatic heterocycles. The van der Waals surface area contributed by atoms with Crippen molar-refractivity contribution in [2.24, 2.45) is 0 Å². The zero-order valence-corrected chi connectivity index (χ0v) is 23.8. The number of nitrogens with zero attached hydrogens (tertiary/aromatic N) is 3. The van der Waals surface area contributed by atoms with Gasteiger partial charge >= 0.3 is 0 Å². The molecule has 13 nitrogen and oxygen atoms in total. The predicted molar refractivity (Wildman–Crippen MR) is 151 cm³/mol. The van der Waals surface area contributed by atoms with Crippen LogP contribution in [0.1, 0.15) is 44.2 Å². The maximum atomic E-state index is 13.7. The fourth-order valence-corrected chi connectivity index (χ4v) is 6.44. The zero-order valence-electron chi connectivity index (χ0n) is 23.0. The molecule has 2 fully saturated rings. The van der Waals surface area contributed by atoms with Crippen LogP contribution in [0.5, 0.6) is 17.2 Å². The normalized spacial score (nSPS) is 17.2. The molecule has 2 aliphatic rings. The van der Waals surface area contributed by atoms with E-state index in [4.69, 9.17) is 18.7 Å². The van der Waals surface area contributed by atoms with Crippen molar-refractivity contribution in [2.45, 2.75) is 49.5 Å². The van der Waals surface area contributed by atoms with Crippen molar-refractivity contribution in [1.82, 2.24) is 15.4 Å². The Kier molecular flexibility index (Phi) is 6.64. The Bertz CT molecular complexity index is 1720. The molecular formula is C27H30N6O7S. The monoisotopic (exact) mass is 582 g/mol. The van der Waals surface area contributed by atoms with Gasteiger partial charge in [0.25, 0.3) is 10.0 Å². The number of benzene rings is 2. The topological polar surface area (TPSA) is 161 Å². The number of H-pyrrole nitrogens is 1. The highest BCUT2D eigenvalue weighted by Gasteiger charge is 2.33. The molecule has 3 heterocycles. The number of rotatable bonds is 10. The Morgan fingerprint density at radius 1 is 1.00 bits per heavy atom. The summed E-state index contributed by atoms with van der Waals surface area (Å²) in [5.41, 5.74) is 2.46. The van der Waals surface area contributed by atoms with Crippen molar-refractivity contribution < 1.29 is 31.9 Å². The van der Waals surface area contributed by atoms with Gasteiger partial charge < -0.3 is 29.0 Å². The van der Waals surface area contributed by atoms with E-state index in [0.717, 1.165) is 18.5 Å². The van der Waals surface area contributed by atoms with Gasteiger partial charge in [-0.15, -0.1) is 0 Å². The van der Waals surface area contributed by atoms with E-state index in [2.05, 4.69) is 25.4 Å². The summed E-state index contributed by atoms with van der Waals surface area (Å²) >= 11 is 0. The Labute approximate surface area is 236 Å². The van der Waals surface area contributed by atoms with Crippen LogP contribution in [0.15, 0.2) is 39.8 Å². The summed E-state index contributed by atoms with van der Waals surface area (Å²) in [6, 6.07) is 8.23. The van der Waals surface area contributed by atoms with Gasteiger partial charge in [-0.3, -0.25) is 14.6 Å². The minimum atomic E-state index is -4.30. The van der Waals surface area contributed by atoms with Crippen molar-refractivity contribution in [3.05, 3.63) is 36.0 Å². The number of ether oxygens (including phenoxy) is 3. The lowest BCUT2D eigenvalue weighted by Gasteiger charge is -2.24. The number of amides is 1. The predicted octanol–water partition coefficient (Wildman–Crippen LogP) is 4.51. The number of aromatic amines is 1. The Balaban J connectivity index is 1.33. The van der Waals surface area contributed by atoms with Crippen LogP contribution >= 0.6 is 0 Å². The van der Waals surface area contributed by atoms with E-state index in [0.29, 0.717) is 52.7 Å². The van der Waals surface area contributed by atoms with Crippen LogP contribution in [0.25, 0.3) is 11.0 Å². The highest BCUT2D eigenvalue weighted by Crippen LogP contribution is 2.43. The fraction of sp³-hybridized carbons (Fsp3) is 0.370. The smallest absolute Gasteiger partial charge is 0.270 e. The summed E-state index contributed by atoms with van der Waals surface area (Å²) in [6.07, 6.45) is 3.41. The number of fused-ring (bicyclic) bond motifs is 1. The third-order valence-electron chi connectivity index (χ3n) is 7.38. The number of anilines is 4. The molecule has 1 aliphatic heterocycles. The molecule has 2 aromatic carbocycles. The standard InChI is InChI=1S/C27H30N6O7S/c1-14-5-8-25(34)33(14)16-9-22(38-3)26(23(10-16)39-4)41(35,36)32-27-17-11-21(37-2)19(12-20(17)40-31-27)28-24-13-18(29-30-24)15-6-7-15/h9-15H,5-8H2,1-4H3,(H,31,32)(H2,28,29,30)/t14-/m0/s1. The van der Waals surface area contributed by atoms with Gasteiger partial charge in [0.15, 0.2) is 22.1 Å². The Hall–Kier alpha value is -4.46. The molecule has 1 aliphatic carbocycles. The fourth-order valence-electron chi connectivity index (χ4n) is 5.12. The van der Waals surface area contributed by atoms with E-state index in [1.807, 2.05) is 13.0 Å². The van der Waals surface area contributed by atoms with Gasteiger partial charge in [-0.05, 0) is 32.3 Å². The molecule has 1 saturated heterocycles. The molecule has 41 heavy (non-hydrogen) atoms. The van der Waals surface area contributed by atoms with Crippen molar-refractivity contribution in [3.63, 3.8) is 0 Å². The van der Waals surface area contributed by atoms with Crippen molar-refractivity contribution in [3.8, 4) is 17.2 Å². The van der Waals surface area contributed by atoms with E-state index >= 15 is 0 Å². The molecule has 216 valence electrons. The second-order valence-electron chi connectivity index (χ2n) is 10.1. The summed E-state index contributed by atoms with van der Waals surface area (Å²) in [6.45, 7) is 1.93. The number of nitrogens with one attached hydrogen (secondary N) is 3. The summed E-state index contributed by atoms with van der Waals surface area (Å²) < 4.78 is 51.9. The van der Waals surface area contributed by atoms with E-state index in [1.54, 1.807) is 17.0 Å². The average Bonchev–Trinajstić information content (AvgIpc) is 3.45. The molecular weight excluding hydrogens is 552 g/mol. The molecule has 1 amide bonds. The number of carbonyl (C=O) groups is 1. The van der Waals surface area contributed by atoms with E-state index < -0.39 is 10.0 Å². The molecule has 6 rings (SSSR count). The Morgan fingerprint density at radius 2 is 1.71 bits per heavy atom. The number of sulfonamides is 1. The van der Waals surface area contributed by atoms with Gasteiger partial charge in [0.05, 0.1) is 38.1 Å². The number of methoxy groups -OCH3 is 3. The van der Waals surface area contributed by atoms with Crippen LogP contribution in [0, 0.1) is 0 Å². The highest BCUT2D eigenvalue weighted by atomic mass is 32.2. The maximum Gasteiger partial charge on any atom is 0.270 e.